The van der Waals surface area contributed by atoms with E-state index in [1.165, 1.54) is 0 Å². The van der Waals surface area contributed by atoms with Crippen LogP contribution in [-0.2, 0) is 20.7 Å². The van der Waals surface area contributed by atoms with Crippen molar-refractivity contribution < 1.29 is 34.7 Å². The number of primary amides is 1. The molecule has 27 heavy (non-hydrogen) atoms. The first-order valence-electron chi connectivity index (χ1n) is 8.81. The van der Waals surface area contributed by atoms with Crippen LogP contribution in [-0.4, -0.2) is 45.8 Å². The van der Waals surface area contributed by atoms with E-state index in [-0.39, 0.29) is 6.09 Å². The third-order valence-corrected chi connectivity index (χ3v) is 3.37. The molecule has 0 aromatic carbocycles. The lowest BCUT2D eigenvalue weighted by atomic mass is 10.0. The first-order chi connectivity index (χ1) is 12.7. The number of H-pyrrole nitrogens is 1. The number of aromatic amines is 1. The number of rotatable bonds is 10. The van der Waals surface area contributed by atoms with Crippen molar-refractivity contribution in [2.75, 3.05) is 6.61 Å². The number of carboxylic acids is 2. The molecule has 0 fully saturated rings. The quantitative estimate of drug-likeness (QED) is 0.387. The van der Waals surface area contributed by atoms with E-state index in [2.05, 4.69) is 30.7 Å². The summed E-state index contributed by atoms with van der Waals surface area (Å²) in [6.07, 6.45) is 8.07. The van der Waals surface area contributed by atoms with Crippen LogP contribution in [0.1, 0.15) is 45.7 Å². The molecule has 0 saturated heterocycles. The van der Waals surface area contributed by atoms with Crippen LogP contribution in [0.5, 0.6) is 0 Å². The number of nitrogens with one attached hydrogen (secondary N) is 1. The van der Waals surface area contributed by atoms with Gasteiger partial charge in [-0.1, -0.05) is 13.8 Å². The van der Waals surface area contributed by atoms with Crippen LogP contribution in [0.15, 0.2) is 24.7 Å². The van der Waals surface area contributed by atoms with Crippen LogP contribution in [0.4, 0.5) is 4.79 Å². The molecular weight excluding hydrogens is 354 g/mol. The average Bonchev–Trinajstić information content (AvgIpc) is 3.09. The number of carboxylic acid groups (broad SMARTS) is 2. The van der Waals surface area contributed by atoms with E-state index in [9.17, 15) is 19.5 Å². The number of hydrogen-bond donors (Lipinski definition) is 3. The van der Waals surface area contributed by atoms with Crippen molar-refractivity contribution in [2.45, 2.75) is 52.5 Å². The Hall–Kier alpha value is -2.68. The van der Waals surface area contributed by atoms with Gasteiger partial charge in [-0.15, -0.1) is 0 Å². The number of aryl methyl sites for hydroxylation is 1. The molecule has 1 heterocycles. The van der Waals surface area contributed by atoms with Gasteiger partial charge in [0.1, 0.15) is 0 Å². The van der Waals surface area contributed by atoms with Crippen molar-refractivity contribution in [3.63, 3.8) is 0 Å². The van der Waals surface area contributed by atoms with Crippen molar-refractivity contribution in [3.8, 4) is 0 Å². The number of nitrogens with zero attached hydrogens (tertiary/aromatic N) is 1. The highest BCUT2D eigenvalue weighted by molar-refractivity contribution is 5.88. The highest BCUT2D eigenvalue weighted by atomic mass is 16.5. The van der Waals surface area contributed by atoms with Crippen molar-refractivity contribution >= 4 is 18.0 Å². The highest BCUT2D eigenvalue weighted by Crippen LogP contribution is 2.04. The lowest BCUT2D eigenvalue weighted by Crippen LogP contribution is -2.92. The summed E-state index contributed by atoms with van der Waals surface area (Å²) in [4.78, 5) is 37.5. The fourth-order valence-electron chi connectivity index (χ4n) is 1.96. The molecule has 0 bridgehead atoms. The minimum absolute atomic E-state index is 0.194. The molecule has 0 saturated carbocycles. The monoisotopic (exact) mass is 383 g/mol. The van der Waals surface area contributed by atoms with Crippen molar-refractivity contribution in [1.82, 2.24) is 9.97 Å². The van der Waals surface area contributed by atoms with Gasteiger partial charge in [-0.2, -0.15) is 4.79 Å². The van der Waals surface area contributed by atoms with Gasteiger partial charge in [0, 0.05) is 18.0 Å². The van der Waals surface area contributed by atoms with Gasteiger partial charge in [0.05, 0.1) is 24.9 Å². The Bertz CT molecular complexity index is 568. The maximum absolute atomic E-state index is 11.6. The van der Waals surface area contributed by atoms with Gasteiger partial charge in [0.15, 0.2) is 0 Å². The molecular formula is C18H29N3O6. The predicted molar refractivity (Wildman–Crippen MR) is 95.5 cm³/mol. The summed E-state index contributed by atoms with van der Waals surface area (Å²) >= 11 is 0. The van der Waals surface area contributed by atoms with Crippen LogP contribution in [0, 0.1) is 5.92 Å². The Balaban J connectivity index is 0.000000713. The van der Waals surface area contributed by atoms with Crippen molar-refractivity contribution in [3.05, 3.63) is 30.4 Å². The topological polar surface area (TPSA) is 149 Å². The Labute approximate surface area is 158 Å². The van der Waals surface area contributed by atoms with Crippen LogP contribution < -0.4 is 10.4 Å². The minimum atomic E-state index is -1.51. The number of aliphatic carboxylic acids is 2. The van der Waals surface area contributed by atoms with Gasteiger partial charge in [-0.05, 0) is 44.6 Å². The van der Waals surface area contributed by atoms with Crippen molar-refractivity contribution in [2.24, 2.45) is 5.92 Å². The van der Waals surface area contributed by atoms with E-state index in [4.69, 9.17) is 9.84 Å². The van der Waals surface area contributed by atoms with E-state index in [0.717, 1.165) is 31.4 Å². The maximum Gasteiger partial charge on any atom is 0.512 e. The fourth-order valence-corrected chi connectivity index (χ4v) is 1.96. The summed E-state index contributed by atoms with van der Waals surface area (Å²) in [5.41, 5.74) is 1.07. The molecule has 1 aromatic rings. The molecule has 1 amide bonds. The number of carbonyl (C=O) groups is 3. The number of ether oxygens (including phenoxy) is 1. The second kappa shape index (κ2) is 14.5. The Kier molecular flexibility index (Phi) is 13.0. The Morgan fingerprint density at radius 2 is 2.00 bits per heavy atom. The van der Waals surface area contributed by atoms with E-state index in [1.54, 1.807) is 17.8 Å². The molecule has 0 radical (unpaired) electrons. The Morgan fingerprint density at radius 1 is 1.30 bits per heavy atom. The maximum atomic E-state index is 11.6. The minimum Gasteiger partial charge on any atom is -0.545 e. The molecule has 1 unspecified atom stereocenters. The first kappa shape index (κ1) is 24.3. The number of aromatic nitrogens is 2. The van der Waals surface area contributed by atoms with E-state index in [1.807, 2.05) is 0 Å². The van der Waals surface area contributed by atoms with Gasteiger partial charge in [-0.3, -0.25) is 0 Å². The molecule has 0 aliphatic rings. The van der Waals surface area contributed by atoms with Gasteiger partial charge in [0.2, 0.25) is 0 Å². The first-order valence-corrected chi connectivity index (χ1v) is 8.81. The van der Waals surface area contributed by atoms with E-state index in [0.29, 0.717) is 30.7 Å². The lowest BCUT2D eigenvalue weighted by molar-refractivity contribution is -0.605. The van der Waals surface area contributed by atoms with Crippen LogP contribution in [0.3, 0.4) is 0 Å². The van der Waals surface area contributed by atoms with Crippen LogP contribution in [0.25, 0.3) is 0 Å². The number of carbonyl (C=O) groups excluding carboxylic acids is 2. The largest absolute Gasteiger partial charge is 0.545 e. The second-order valence-corrected chi connectivity index (χ2v) is 6.45. The zero-order chi connectivity index (χ0) is 20.7. The van der Waals surface area contributed by atoms with Crippen molar-refractivity contribution in [1.29, 1.82) is 0 Å². The van der Waals surface area contributed by atoms with E-state index >= 15 is 0 Å². The molecule has 9 heteroatoms. The highest BCUT2D eigenvalue weighted by Gasteiger charge is 2.14. The standard InChI is InChI=1S/C14H25N3O2.C4H4O4/c1-11(2)6-7-12(3)17-14(18)19-8-4-5-13-9-15-10-16-13;5-3(6)1-2-4(7)8/h9-12H,4-8H2,1-3H3,(H,15,16)(H,17,18);1-2H,(H,5,6)(H,7,8)/b;2-1-. The third-order valence-electron chi connectivity index (χ3n) is 3.37. The third kappa shape index (κ3) is 16.5. The number of nitrogens with two attached hydrogens (primary N) is 1. The lowest BCUT2D eigenvalue weighted by Gasteiger charge is -2.10. The number of imidazole rings is 1. The fraction of sp³-hybridized carbons (Fsp3) is 0.556. The van der Waals surface area contributed by atoms with E-state index < -0.39 is 11.9 Å². The summed E-state index contributed by atoms with van der Waals surface area (Å²) in [6, 6.07) is 0.294. The SMILES string of the molecule is CC(C)CCC(C)[NH2+]C(=O)OCCCc1cnc[nH]1.O=C([O-])/C=C\C(=O)O. The normalized spacial score (nSPS) is 11.7. The zero-order valence-corrected chi connectivity index (χ0v) is 16.0. The second-order valence-electron chi connectivity index (χ2n) is 6.45. The van der Waals surface area contributed by atoms with Gasteiger partial charge >= 0.3 is 12.1 Å². The summed E-state index contributed by atoms with van der Waals surface area (Å²) < 4.78 is 5.19. The number of hydrogen-bond acceptors (Lipinski definition) is 6. The van der Waals surface area contributed by atoms with Gasteiger partial charge in [-0.25, -0.2) is 15.1 Å². The summed E-state index contributed by atoms with van der Waals surface area (Å²) in [5, 5.41) is 18.9. The molecule has 1 rings (SSSR count). The molecule has 152 valence electrons. The van der Waals surface area contributed by atoms with Gasteiger partial charge < -0.3 is 24.7 Å². The predicted octanol–water partition coefficient (Wildman–Crippen LogP) is 0.244. The smallest absolute Gasteiger partial charge is 0.512 e. The molecule has 0 spiro atoms. The van der Waals surface area contributed by atoms with Crippen LogP contribution >= 0.6 is 0 Å². The molecule has 1 aromatic heterocycles. The summed E-state index contributed by atoms with van der Waals surface area (Å²) in [7, 11) is 0. The summed E-state index contributed by atoms with van der Waals surface area (Å²) in [5.74, 6) is -2.12. The summed E-state index contributed by atoms with van der Waals surface area (Å²) in [6.45, 7) is 6.92. The molecule has 4 N–H and O–H groups in total. The molecule has 0 aliphatic heterocycles. The number of quaternary nitrogens is 1. The Morgan fingerprint density at radius 3 is 2.48 bits per heavy atom. The van der Waals surface area contributed by atoms with Gasteiger partial charge in [0.25, 0.3) is 0 Å². The van der Waals surface area contributed by atoms with Crippen LogP contribution in [0.2, 0.25) is 0 Å². The molecule has 9 nitrogen and oxygen atoms in total. The molecule has 1 atom stereocenters. The molecule has 0 aliphatic carbocycles. The average molecular weight is 383 g/mol. The zero-order valence-electron chi connectivity index (χ0n) is 16.0. The number of amides is 1.